The van der Waals surface area contributed by atoms with E-state index >= 15 is 0 Å². The number of hydrogen-bond donors (Lipinski definition) is 0. The molecule has 5 heteroatoms. The Labute approximate surface area is 178 Å². The predicted octanol–water partition coefficient (Wildman–Crippen LogP) is 5.80. The summed E-state index contributed by atoms with van der Waals surface area (Å²) < 4.78 is 2.03. The number of aromatic nitrogens is 4. The van der Waals surface area contributed by atoms with Crippen LogP contribution in [0.3, 0.4) is 0 Å². The second kappa shape index (κ2) is 10.8. The van der Waals surface area contributed by atoms with Crippen LogP contribution in [0.15, 0.2) is 47.9 Å². The Morgan fingerprint density at radius 1 is 1.03 bits per heavy atom. The van der Waals surface area contributed by atoms with Gasteiger partial charge in [0.05, 0.1) is 0 Å². The van der Waals surface area contributed by atoms with Gasteiger partial charge in [-0.05, 0) is 25.0 Å². The molecule has 0 amide bonds. The van der Waals surface area contributed by atoms with Crippen LogP contribution in [0, 0.1) is 18.8 Å². The molecule has 150 valence electrons. The van der Waals surface area contributed by atoms with Crippen LogP contribution in [0.5, 0.6) is 0 Å². The molecular formula is C24H28N4S. The maximum atomic E-state index is 4.39. The molecule has 4 nitrogen and oxygen atoms in total. The van der Waals surface area contributed by atoms with Crippen molar-refractivity contribution in [1.29, 1.82) is 0 Å². The zero-order chi connectivity index (χ0) is 20.5. The summed E-state index contributed by atoms with van der Waals surface area (Å²) >= 11 is 1.69. The molecule has 0 N–H and O–H groups in total. The van der Waals surface area contributed by atoms with Gasteiger partial charge in [0.2, 0.25) is 0 Å². The summed E-state index contributed by atoms with van der Waals surface area (Å²) in [4.78, 5) is 4.35. The van der Waals surface area contributed by atoms with Crippen LogP contribution < -0.4 is 0 Å². The normalized spacial score (nSPS) is 10.6. The summed E-state index contributed by atoms with van der Waals surface area (Å²) in [5, 5.41) is 9.65. The lowest BCUT2D eigenvalue weighted by atomic mass is 10.1. The highest BCUT2D eigenvalue weighted by Crippen LogP contribution is 2.25. The molecule has 0 saturated heterocycles. The van der Waals surface area contributed by atoms with E-state index in [1.54, 1.807) is 11.8 Å². The zero-order valence-corrected chi connectivity index (χ0v) is 18.3. The third-order valence-electron chi connectivity index (χ3n) is 4.71. The van der Waals surface area contributed by atoms with E-state index in [2.05, 4.69) is 65.1 Å². The van der Waals surface area contributed by atoms with Gasteiger partial charge in [-0.25, -0.2) is 0 Å². The minimum atomic E-state index is 0.815. The first-order chi connectivity index (χ1) is 14.2. The van der Waals surface area contributed by atoms with E-state index in [0.717, 1.165) is 34.3 Å². The number of pyridine rings is 1. The number of unbranched alkanes of at least 4 members (excludes halogenated alkanes) is 4. The van der Waals surface area contributed by atoms with Gasteiger partial charge in [0.1, 0.15) is 0 Å². The average Bonchev–Trinajstić information content (AvgIpc) is 3.11. The first kappa shape index (κ1) is 21.1. The fraction of sp³-hybridized carbons (Fsp3) is 0.375. The van der Waals surface area contributed by atoms with Crippen LogP contribution in [0.25, 0.3) is 11.4 Å². The van der Waals surface area contributed by atoms with Crippen molar-refractivity contribution in [3.05, 3.63) is 59.4 Å². The molecule has 0 unspecified atom stereocenters. The molecule has 3 aromatic rings. The molecule has 0 aliphatic carbocycles. The Morgan fingerprint density at radius 3 is 2.66 bits per heavy atom. The van der Waals surface area contributed by atoms with Gasteiger partial charge in [0, 0.05) is 42.7 Å². The van der Waals surface area contributed by atoms with Crippen LogP contribution >= 0.6 is 11.8 Å². The van der Waals surface area contributed by atoms with Crippen LogP contribution in [0.4, 0.5) is 0 Å². The third kappa shape index (κ3) is 6.20. The Bertz CT molecular complexity index is 980. The van der Waals surface area contributed by atoms with Crippen LogP contribution in [-0.4, -0.2) is 19.7 Å². The maximum Gasteiger partial charge on any atom is 0.191 e. The van der Waals surface area contributed by atoms with Gasteiger partial charge in [0.15, 0.2) is 11.0 Å². The number of nitrogens with zero attached hydrogens (tertiary/aromatic N) is 4. The van der Waals surface area contributed by atoms with Crippen LogP contribution in [0.2, 0.25) is 0 Å². The Kier molecular flexibility index (Phi) is 7.89. The average molecular weight is 405 g/mol. The van der Waals surface area contributed by atoms with Crippen molar-refractivity contribution < 1.29 is 0 Å². The van der Waals surface area contributed by atoms with E-state index < -0.39 is 0 Å². The summed E-state index contributed by atoms with van der Waals surface area (Å²) in [6.07, 6.45) is 9.53. The molecule has 3 rings (SSSR count). The van der Waals surface area contributed by atoms with Gasteiger partial charge in [-0.2, -0.15) is 0 Å². The molecule has 0 aliphatic rings. The highest BCUT2D eigenvalue weighted by atomic mass is 32.2. The van der Waals surface area contributed by atoms with Crippen LogP contribution in [-0.2, 0) is 12.8 Å². The molecule has 0 fully saturated rings. The molecule has 0 spiro atoms. The molecule has 0 saturated carbocycles. The van der Waals surface area contributed by atoms with E-state index in [1.807, 2.05) is 30.1 Å². The third-order valence-corrected chi connectivity index (χ3v) is 5.80. The van der Waals surface area contributed by atoms with E-state index in [1.165, 1.54) is 36.8 Å². The smallest absolute Gasteiger partial charge is 0.191 e. The van der Waals surface area contributed by atoms with Crippen molar-refractivity contribution in [2.75, 3.05) is 0 Å². The van der Waals surface area contributed by atoms with E-state index in [0.29, 0.717) is 0 Å². The summed E-state index contributed by atoms with van der Waals surface area (Å²) in [5.74, 6) is 8.18. The molecule has 0 radical (unpaired) electrons. The molecule has 0 atom stereocenters. The molecular weight excluding hydrogens is 376 g/mol. The van der Waals surface area contributed by atoms with Gasteiger partial charge in [-0.1, -0.05) is 79.6 Å². The number of benzene rings is 1. The number of rotatable bonds is 8. The van der Waals surface area contributed by atoms with Crippen molar-refractivity contribution in [3.63, 3.8) is 0 Å². The fourth-order valence-corrected chi connectivity index (χ4v) is 3.83. The number of hydrogen-bond acceptors (Lipinski definition) is 4. The fourth-order valence-electron chi connectivity index (χ4n) is 2.96. The second-order valence-corrected chi connectivity index (χ2v) is 8.16. The molecule has 29 heavy (non-hydrogen) atoms. The highest BCUT2D eigenvalue weighted by Gasteiger charge is 2.12. The largest absolute Gasteiger partial charge is 0.305 e. The van der Waals surface area contributed by atoms with Gasteiger partial charge < -0.3 is 4.57 Å². The van der Waals surface area contributed by atoms with Crippen LogP contribution in [0.1, 0.15) is 55.7 Å². The van der Waals surface area contributed by atoms with Crippen molar-refractivity contribution in [3.8, 4) is 23.2 Å². The lowest BCUT2D eigenvalue weighted by Gasteiger charge is -2.04. The zero-order valence-electron chi connectivity index (χ0n) is 17.5. The topological polar surface area (TPSA) is 43.6 Å². The SMILES string of the molecule is CCCCCCC#Cc1cncc(-c2nnc(SCc3ccc(C)cc3)n2C)c1. The molecule has 1 aromatic carbocycles. The van der Waals surface area contributed by atoms with Crippen molar-refractivity contribution in [2.45, 2.75) is 56.9 Å². The molecule has 2 heterocycles. The Balaban J connectivity index is 1.65. The Hall–Kier alpha value is -2.58. The predicted molar refractivity (Wildman–Crippen MR) is 121 cm³/mol. The van der Waals surface area contributed by atoms with E-state index in [9.17, 15) is 0 Å². The monoisotopic (exact) mass is 404 g/mol. The highest BCUT2D eigenvalue weighted by molar-refractivity contribution is 7.98. The minimum Gasteiger partial charge on any atom is -0.305 e. The van der Waals surface area contributed by atoms with E-state index in [4.69, 9.17) is 0 Å². The van der Waals surface area contributed by atoms with Gasteiger partial charge in [-0.15, -0.1) is 10.2 Å². The maximum absolute atomic E-state index is 4.39. The molecule has 2 aromatic heterocycles. The molecule has 0 aliphatic heterocycles. The minimum absolute atomic E-state index is 0.815. The van der Waals surface area contributed by atoms with Gasteiger partial charge in [-0.3, -0.25) is 4.98 Å². The lowest BCUT2D eigenvalue weighted by Crippen LogP contribution is -1.96. The van der Waals surface area contributed by atoms with E-state index in [-0.39, 0.29) is 0 Å². The van der Waals surface area contributed by atoms with Crippen molar-refractivity contribution >= 4 is 11.8 Å². The lowest BCUT2D eigenvalue weighted by molar-refractivity contribution is 0.679. The summed E-state index contributed by atoms with van der Waals surface area (Å²) in [7, 11) is 2.00. The standard InChI is InChI=1S/C24H28N4S/c1-4-5-6-7-8-9-10-21-15-22(17-25-16-21)23-26-27-24(28(23)3)29-18-20-13-11-19(2)12-14-20/h11-17H,4-8,18H2,1-3H3. The molecule has 0 bridgehead atoms. The summed E-state index contributed by atoms with van der Waals surface area (Å²) in [5.41, 5.74) is 4.42. The van der Waals surface area contributed by atoms with Crippen molar-refractivity contribution in [1.82, 2.24) is 19.7 Å². The van der Waals surface area contributed by atoms with Gasteiger partial charge in [0.25, 0.3) is 0 Å². The van der Waals surface area contributed by atoms with Crippen molar-refractivity contribution in [2.24, 2.45) is 7.05 Å². The first-order valence-electron chi connectivity index (χ1n) is 10.2. The number of aryl methyl sites for hydroxylation is 1. The van der Waals surface area contributed by atoms with Gasteiger partial charge >= 0.3 is 0 Å². The summed E-state index contributed by atoms with van der Waals surface area (Å²) in [6, 6.07) is 10.6. The first-order valence-corrected chi connectivity index (χ1v) is 11.2. The Morgan fingerprint density at radius 2 is 1.86 bits per heavy atom. The second-order valence-electron chi connectivity index (χ2n) is 7.21. The summed E-state index contributed by atoms with van der Waals surface area (Å²) in [6.45, 7) is 4.33. The quantitative estimate of drug-likeness (QED) is 0.270. The number of thioether (sulfide) groups is 1.